The highest BCUT2D eigenvalue weighted by atomic mass is 32.2. The molecule has 0 saturated carbocycles. The predicted octanol–water partition coefficient (Wildman–Crippen LogP) is 1.86. The van der Waals surface area contributed by atoms with E-state index in [0.717, 1.165) is 27.8 Å². The van der Waals surface area contributed by atoms with Gasteiger partial charge in [0.15, 0.2) is 0 Å². The maximum atomic E-state index is 12.2. The monoisotopic (exact) mass is 484 g/mol. The van der Waals surface area contributed by atoms with Crippen LogP contribution in [0.15, 0.2) is 58.4 Å². The number of thioether (sulfide) groups is 1. The summed E-state index contributed by atoms with van der Waals surface area (Å²) in [6.45, 7) is -0.174. The van der Waals surface area contributed by atoms with Crippen LogP contribution in [0.3, 0.4) is 0 Å². The third-order valence-corrected chi connectivity index (χ3v) is 6.43. The van der Waals surface area contributed by atoms with E-state index in [2.05, 4.69) is 15.8 Å². The average molecular weight is 485 g/mol. The van der Waals surface area contributed by atoms with Crippen molar-refractivity contribution >= 4 is 62.6 Å². The lowest BCUT2D eigenvalue weighted by Gasteiger charge is -2.07. The summed E-state index contributed by atoms with van der Waals surface area (Å²) < 4.78 is 7.39. The maximum Gasteiger partial charge on any atom is 0.312 e. The fourth-order valence-corrected chi connectivity index (χ4v) is 4.73. The zero-order chi connectivity index (χ0) is 23.4. The Morgan fingerprint density at radius 1 is 1.15 bits per heavy atom. The third-order valence-electron chi connectivity index (χ3n) is 4.49. The van der Waals surface area contributed by atoms with Gasteiger partial charge in [-0.1, -0.05) is 47.4 Å². The lowest BCUT2D eigenvalue weighted by molar-refractivity contribution is -0.135. The second kappa shape index (κ2) is 9.79. The van der Waals surface area contributed by atoms with E-state index in [4.69, 9.17) is 4.74 Å². The largest absolute Gasteiger partial charge is 0.426 e. The van der Waals surface area contributed by atoms with Crippen molar-refractivity contribution in [2.75, 3.05) is 0 Å². The molecule has 1 aliphatic rings. The van der Waals surface area contributed by atoms with Crippen LogP contribution in [-0.2, 0) is 20.9 Å². The summed E-state index contributed by atoms with van der Waals surface area (Å²) in [4.78, 5) is 58.9. The van der Waals surface area contributed by atoms with Gasteiger partial charge in [0.1, 0.15) is 17.5 Å². The standard InChI is InChI=1S/C21H16N4O6S2/c26-17(11-25-14-6-1-2-7-15(14)33-21(25)30)24-22-10-12-4-3-5-13(8-12)31-18(27)9-16-19(28)23-20(29)32-16/h1-8,10,16H,9,11H2,(H,24,26)(H,23,28,29)/b22-10+. The van der Waals surface area contributed by atoms with Gasteiger partial charge < -0.3 is 4.74 Å². The number of imide groups is 1. The first-order valence-electron chi connectivity index (χ1n) is 9.61. The van der Waals surface area contributed by atoms with Crippen LogP contribution in [0.4, 0.5) is 4.79 Å². The number of para-hydroxylation sites is 1. The van der Waals surface area contributed by atoms with Crippen LogP contribution < -0.4 is 20.4 Å². The van der Waals surface area contributed by atoms with Crippen LogP contribution in [0.25, 0.3) is 10.2 Å². The van der Waals surface area contributed by atoms with Crippen molar-refractivity contribution in [1.29, 1.82) is 0 Å². The second-order valence-corrected chi connectivity index (χ2v) is 9.02. The molecule has 10 nitrogen and oxygen atoms in total. The van der Waals surface area contributed by atoms with E-state index in [9.17, 15) is 24.0 Å². The molecular weight excluding hydrogens is 468 g/mol. The van der Waals surface area contributed by atoms with Crippen LogP contribution in [0.2, 0.25) is 0 Å². The van der Waals surface area contributed by atoms with E-state index < -0.39 is 28.3 Å². The number of rotatable bonds is 7. The number of hydrazone groups is 1. The SMILES string of the molecule is O=C(Cn1c(=O)sc2ccccc21)N/N=C/c1cccc(OC(=O)CC2SC(=O)NC2=O)c1. The first-order chi connectivity index (χ1) is 15.9. The second-order valence-electron chi connectivity index (χ2n) is 6.85. The number of aromatic nitrogens is 1. The number of carbonyl (C=O) groups excluding carboxylic acids is 4. The fraction of sp³-hybridized carbons (Fsp3) is 0.143. The lowest BCUT2D eigenvalue weighted by atomic mass is 10.2. The topological polar surface area (TPSA) is 136 Å². The van der Waals surface area contributed by atoms with E-state index in [1.54, 1.807) is 30.3 Å². The Morgan fingerprint density at radius 2 is 1.97 bits per heavy atom. The van der Waals surface area contributed by atoms with Gasteiger partial charge in [-0.05, 0) is 29.8 Å². The van der Waals surface area contributed by atoms with Gasteiger partial charge in [-0.15, -0.1) is 0 Å². The van der Waals surface area contributed by atoms with Crippen molar-refractivity contribution in [1.82, 2.24) is 15.3 Å². The molecule has 0 radical (unpaired) electrons. The smallest absolute Gasteiger partial charge is 0.312 e. The van der Waals surface area contributed by atoms with Gasteiger partial charge in [0.25, 0.3) is 11.1 Å². The van der Waals surface area contributed by atoms with Gasteiger partial charge in [-0.3, -0.25) is 33.9 Å². The van der Waals surface area contributed by atoms with Crippen LogP contribution in [0, 0.1) is 0 Å². The molecule has 3 amide bonds. The van der Waals surface area contributed by atoms with Crippen LogP contribution in [0.5, 0.6) is 5.75 Å². The van der Waals surface area contributed by atoms with E-state index in [1.807, 2.05) is 12.1 Å². The molecule has 2 aromatic carbocycles. The van der Waals surface area contributed by atoms with Crippen molar-refractivity contribution in [3.05, 3.63) is 63.8 Å². The van der Waals surface area contributed by atoms with Gasteiger partial charge in [-0.25, -0.2) is 5.43 Å². The summed E-state index contributed by atoms with van der Waals surface area (Å²) >= 11 is 1.81. The average Bonchev–Trinajstić information content (AvgIpc) is 3.25. The normalized spacial score (nSPS) is 15.7. The molecule has 0 bridgehead atoms. The van der Waals surface area contributed by atoms with Crippen molar-refractivity contribution in [2.24, 2.45) is 5.10 Å². The first-order valence-corrected chi connectivity index (χ1v) is 11.3. The van der Waals surface area contributed by atoms with Gasteiger partial charge >= 0.3 is 10.8 Å². The fourth-order valence-electron chi connectivity index (χ4n) is 3.03. The molecule has 4 rings (SSSR count). The van der Waals surface area contributed by atoms with E-state index >= 15 is 0 Å². The predicted molar refractivity (Wildman–Crippen MR) is 123 cm³/mol. The zero-order valence-corrected chi connectivity index (χ0v) is 18.5. The number of ether oxygens (including phenoxy) is 1. The lowest BCUT2D eigenvalue weighted by Crippen LogP contribution is -2.27. The number of benzene rings is 2. The molecule has 0 aliphatic carbocycles. The molecule has 2 N–H and O–H groups in total. The molecule has 12 heteroatoms. The van der Waals surface area contributed by atoms with E-state index in [1.165, 1.54) is 16.8 Å². The number of thiazole rings is 1. The van der Waals surface area contributed by atoms with Gasteiger partial charge in [0, 0.05) is 0 Å². The highest BCUT2D eigenvalue weighted by Gasteiger charge is 2.33. The Bertz CT molecular complexity index is 1350. The van der Waals surface area contributed by atoms with Crippen molar-refractivity contribution in [3.63, 3.8) is 0 Å². The summed E-state index contributed by atoms with van der Waals surface area (Å²) in [5.41, 5.74) is 3.59. The molecule has 33 heavy (non-hydrogen) atoms. The number of esters is 1. The minimum absolute atomic E-state index is 0.174. The number of fused-ring (bicyclic) bond motifs is 1. The summed E-state index contributed by atoms with van der Waals surface area (Å²) in [6.07, 6.45) is 1.12. The highest BCUT2D eigenvalue weighted by Crippen LogP contribution is 2.23. The zero-order valence-electron chi connectivity index (χ0n) is 16.8. The van der Waals surface area contributed by atoms with Crippen LogP contribution in [-0.4, -0.2) is 39.1 Å². The molecule has 1 unspecified atom stereocenters. The van der Waals surface area contributed by atoms with Crippen LogP contribution in [0.1, 0.15) is 12.0 Å². The Morgan fingerprint density at radius 3 is 2.76 bits per heavy atom. The molecule has 1 saturated heterocycles. The molecule has 1 atom stereocenters. The number of nitrogens with zero attached hydrogens (tertiary/aromatic N) is 2. The summed E-state index contributed by atoms with van der Waals surface area (Å²) in [5, 5.41) is 4.69. The molecule has 168 valence electrons. The minimum Gasteiger partial charge on any atom is -0.426 e. The van der Waals surface area contributed by atoms with Crippen molar-refractivity contribution < 1.29 is 23.9 Å². The number of carbonyl (C=O) groups is 4. The summed E-state index contributed by atoms with van der Waals surface area (Å²) in [6, 6.07) is 13.6. The number of nitrogens with one attached hydrogen (secondary N) is 2. The minimum atomic E-state index is -0.808. The van der Waals surface area contributed by atoms with Crippen molar-refractivity contribution in [2.45, 2.75) is 18.2 Å². The van der Waals surface area contributed by atoms with Gasteiger partial charge in [0.05, 0.1) is 22.9 Å². The Balaban J connectivity index is 1.32. The van der Waals surface area contributed by atoms with Gasteiger partial charge in [0.2, 0.25) is 5.91 Å². The van der Waals surface area contributed by atoms with Crippen LogP contribution >= 0.6 is 23.1 Å². The summed E-state index contributed by atoms with van der Waals surface area (Å²) in [7, 11) is 0. The Hall–Kier alpha value is -3.77. The Labute approximate surface area is 194 Å². The number of amides is 3. The van der Waals surface area contributed by atoms with E-state index in [-0.39, 0.29) is 23.6 Å². The van der Waals surface area contributed by atoms with Gasteiger partial charge in [-0.2, -0.15) is 5.10 Å². The molecule has 2 heterocycles. The molecule has 3 aromatic rings. The third kappa shape index (κ3) is 5.54. The maximum absolute atomic E-state index is 12.2. The van der Waals surface area contributed by atoms with E-state index in [0.29, 0.717) is 11.1 Å². The highest BCUT2D eigenvalue weighted by molar-refractivity contribution is 8.15. The molecular formula is C21H16N4O6S2. The number of hydrogen-bond acceptors (Lipinski definition) is 9. The number of hydrogen-bond donors (Lipinski definition) is 2. The molecule has 1 aromatic heterocycles. The summed E-state index contributed by atoms with van der Waals surface area (Å²) in [5.74, 6) is -1.42. The molecule has 1 aliphatic heterocycles. The quantitative estimate of drug-likeness (QED) is 0.226. The molecule has 1 fully saturated rings. The molecule has 0 spiro atoms. The first kappa shape index (κ1) is 22.4. The van der Waals surface area contributed by atoms with Crippen molar-refractivity contribution in [3.8, 4) is 5.75 Å². The Kier molecular flexibility index (Phi) is 6.66.